The van der Waals surface area contributed by atoms with E-state index in [9.17, 15) is 0 Å². The molecule has 0 fully saturated rings. The average Bonchev–Trinajstić information content (AvgIpc) is 2.57. The van der Waals surface area contributed by atoms with Gasteiger partial charge in [0.1, 0.15) is 0 Å². The lowest BCUT2D eigenvalue weighted by Gasteiger charge is -2.15. The van der Waals surface area contributed by atoms with Gasteiger partial charge in [-0.15, -0.1) is 0 Å². The number of pyridine rings is 1. The normalized spacial score (nSPS) is 10.7. The number of aromatic nitrogens is 1. The molecule has 0 aliphatic carbocycles. The van der Waals surface area contributed by atoms with Gasteiger partial charge in [-0.1, -0.05) is 60.7 Å². The molecular weight excluding hydrogens is 268 g/mol. The SMILES string of the molecule is CN(C)c1cc[n+](C(c2ccccc2)c2ccccc2)cc1. The zero-order valence-electron chi connectivity index (χ0n) is 13.1. The fraction of sp³-hybridized carbons (Fsp3) is 0.150. The van der Waals surface area contributed by atoms with Crippen LogP contribution in [0.4, 0.5) is 5.69 Å². The second-order valence-electron chi connectivity index (χ2n) is 5.62. The lowest BCUT2D eigenvalue weighted by Crippen LogP contribution is -2.40. The molecule has 0 bridgehead atoms. The maximum absolute atomic E-state index is 2.26. The zero-order chi connectivity index (χ0) is 15.4. The molecule has 0 N–H and O–H groups in total. The van der Waals surface area contributed by atoms with Gasteiger partial charge in [-0.3, -0.25) is 0 Å². The van der Waals surface area contributed by atoms with Crippen LogP contribution in [0.1, 0.15) is 17.2 Å². The molecule has 1 heterocycles. The van der Waals surface area contributed by atoms with Crippen LogP contribution in [-0.2, 0) is 0 Å². The van der Waals surface area contributed by atoms with E-state index >= 15 is 0 Å². The Kier molecular flexibility index (Phi) is 4.19. The van der Waals surface area contributed by atoms with Crippen molar-refractivity contribution in [3.05, 3.63) is 96.3 Å². The molecule has 0 saturated carbocycles. The third-order valence-electron chi connectivity index (χ3n) is 3.88. The van der Waals surface area contributed by atoms with Crippen molar-refractivity contribution in [2.75, 3.05) is 19.0 Å². The first-order valence-corrected chi connectivity index (χ1v) is 7.54. The molecule has 1 aromatic heterocycles. The predicted octanol–water partition coefficient (Wildman–Crippen LogP) is 3.68. The van der Waals surface area contributed by atoms with Gasteiger partial charge in [0.15, 0.2) is 12.4 Å². The van der Waals surface area contributed by atoms with Crippen molar-refractivity contribution >= 4 is 5.69 Å². The molecule has 0 saturated heterocycles. The summed E-state index contributed by atoms with van der Waals surface area (Å²) in [7, 11) is 4.12. The van der Waals surface area contributed by atoms with Gasteiger partial charge in [-0.25, -0.2) is 0 Å². The van der Waals surface area contributed by atoms with Crippen molar-refractivity contribution in [2.45, 2.75) is 6.04 Å². The van der Waals surface area contributed by atoms with E-state index in [0.717, 1.165) is 0 Å². The summed E-state index contributed by atoms with van der Waals surface area (Å²) in [5.41, 5.74) is 3.78. The van der Waals surface area contributed by atoms with Gasteiger partial charge in [0.2, 0.25) is 6.04 Å². The van der Waals surface area contributed by atoms with Gasteiger partial charge in [0.25, 0.3) is 0 Å². The maximum Gasteiger partial charge on any atom is 0.208 e. The van der Waals surface area contributed by atoms with Gasteiger partial charge in [0.05, 0.1) is 0 Å². The molecule has 110 valence electrons. The van der Waals surface area contributed by atoms with E-state index in [1.165, 1.54) is 16.8 Å². The highest BCUT2D eigenvalue weighted by atomic mass is 15.1. The maximum atomic E-state index is 2.26. The molecule has 0 amide bonds. The minimum atomic E-state index is 0.193. The first kappa shape index (κ1) is 14.3. The Morgan fingerprint density at radius 3 is 1.55 bits per heavy atom. The minimum Gasteiger partial charge on any atom is -0.377 e. The Balaban J connectivity index is 2.06. The standard InChI is InChI=1S/C20H21N2/c1-21(2)19-13-15-22(16-14-19)20(17-9-5-3-6-10-17)18-11-7-4-8-12-18/h3-16,20H,1-2H3/q+1. The lowest BCUT2D eigenvalue weighted by molar-refractivity contribution is -0.704. The van der Waals surface area contributed by atoms with E-state index in [1.54, 1.807) is 0 Å². The van der Waals surface area contributed by atoms with Gasteiger partial charge in [-0.2, -0.15) is 4.57 Å². The fourth-order valence-corrected chi connectivity index (χ4v) is 2.71. The smallest absolute Gasteiger partial charge is 0.208 e. The van der Waals surface area contributed by atoms with Crippen LogP contribution in [0.25, 0.3) is 0 Å². The summed E-state index contributed by atoms with van der Waals surface area (Å²) in [6.07, 6.45) is 4.31. The molecule has 0 unspecified atom stereocenters. The molecule has 2 heteroatoms. The largest absolute Gasteiger partial charge is 0.377 e. The molecule has 2 aromatic carbocycles. The Labute approximate surface area is 132 Å². The summed E-state index contributed by atoms with van der Waals surface area (Å²) >= 11 is 0. The highest BCUT2D eigenvalue weighted by Crippen LogP contribution is 2.21. The summed E-state index contributed by atoms with van der Waals surface area (Å²) in [5.74, 6) is 0. The summed E-state index contributed by atoms with van der Waals surface area (Å²) in [4.78, 5) is 2.12. The van der Waals surface area contributed by atoms with E-state index in [1.807, 2.05) is 0 Å². The van der Waals surface area contributed by atoms with Crippen LogP contribution in [0.3, 0.4) is 0 Å². The van der Waals surface area contributed by atoms with Crippen LogP contribution in [0.2, 0.25) is 0 Å². The van der Waals surface area contributed by atoms with Gasteiger partial charge in [-0.05, 0) is 0 Å². The Hall–Kier alpha value is -2.61. The molecule has 0 spiro atoms. The van der Waals surface area contributed by atoms with Crippen LogP contribution in [0.15, 0.2) is 85.2 Å². The van der Waals surface area contributed by atoms with Gasteiger partial charge < -0.3 is 4.90 Å². The molecule has 0 aliphatic rings. The molecule has 2 nitrogen and oxygen atoms in total. The quantitative estimate of drug-likeness (QED) is 0.665. The Morgan fingerprint density at radius 2 is 1.14 bits per heavy atom. The van der Waals surface area contributed by atoms with Crippen LogP contribution in [-0.4, -0.2) is 14.1 Å². The van der Waals surface area contributed by atoms with Gasteiger partial charge >= 0.3 is 0 Å². The number of hydrogen-bond donors (Lipinski definition) is 0. The topological polar surface area (TPSA) is 7.12 Å². The third kappa shape index (κ3) is 3.01. The van der Waals surface area contributed by atoms with Crippen LogP contribution < -0.4 is 9.47 Å². The van der Waals surface area contributed by atoms with Gasteiger partial charge in [0, 0.05) is 43.0 Å². The van der Waals surface area contributed by atoms with E-state index in [0.29, 0.717) is 0 Å². The van der Waals surface area contributed by atoms with Crippen molar-refractivity contribution in [2.24, 2.45) is 0 Å². The van der Waals surface area contributed by atoms with Crippen LogP contribution >= 0.6 is 0 Å². The lowest BCUT2D eigenvalue weighted by atomic mass is 9.98. The van der Waals surface area contributed by atoms with E-state index in [4.69, 9.17) is 0 Å². The summed E-state index contributed by atoms with van der Waals surface area (Å²) in [6, 6.07) is 25.7. The first-order chi connectivity index (χ1) is 10.8. The number of hydrogen-bond acceptors (Lipinski definition) is 1. The Bertz CT molecular complexity index is 664. The van der Waals surface area contributed by atoms with E-state index in [2.05, 4.69) is 109 Å². The van der Waals surface area contributed by atoms with Crippen LogP contribution in [0, 0.1) is 0 Å². The second-order valence-corrected chi connectivity index (χ2v) is 5.62. The molecule has 22 heavy (non-hydrogen) atoms. The van der Waals surface area contributed by atoms with E-state index < -0.39 is 0 Å². The summed E-state index contributed by atoms with van der Waals surface area (Å²) in [5, 5.41) is 0. The average molecular weight is 289 g/mol. The number of benzene rings is 2. The molecular formula is C20H21N2+. The van der Waals surface area contributed by atoms with Crippen molar-refractivity contribution in [1.29, 1.82) is 0 Å². The fourth-order valence-electron chi connectivity index (χ4n) is 2.71. The first-order valence-electron chi connectivity index (χ1n) is 7.54. The molecule has 3 rings (SSSR count). The number of rotatable bonds is 4. The summed E-state index contributed by atoms with van der Waals surface area (Å²) < 4.78 is 2.26. The summed E-state index contributed by atoms with van der Waals surface area (Å²) in [6.45, 7) is 0. The second kappa shape index (κ2) is 6.44. The minimum absolute atomic E-state index is 0.193. The molecule has 0 radical (unpaired) electrons. The number of nitrogens with zero attached hydrogens (tertiary/aromatic N) is 2. The van der Waals surface area contributed by atoms with E-state index in [-0.39, 0.29) is 6.04 Å². The van der Waals surface area contributed by atoms with Crippen molar-refractivity contribution in [3.63, 3.8) is 0 Å². The molecule has 0 atom stereocenters. The van der Waals surface area contributed by atoms with Crippen molar-refractivity contribution in [3.8, 4) is 0 Å². The monoisotopic (exact) mass is 289 g/mol. The molecule has 3 aromatic rings. The molecule has 0 aliphatic heterocycles. The highest BCUT2D eigenvalue weighted by Gasteiger charge is 2.22. The van der Waals surface area contributed by atoms with Crippen LogP contribution in [0.5, 0.6) is 0 Å². The number of anilines is 1. The highest BCUT2D eigenvalue weighted by molar-refractivity contribution is 5.41. The third-order valence-corrected chi connectivity index (χ3v) is 3.88. The van der Waals surface area contributed by atoms with Crippen molar-refractivity contribution < 1.29 is 4.57 Å². The zero-order valence-corrected chi connectivity index (χ0v) is 13.1. The predicted molar refractivity (Wildman–Crippen MR) is 91.1 cm³/mol. The van der Waals surface area contributed by atoms with Crippen molar-refractivity contribution in [1.82, 2.24) is 0 Å². The Morgan fingerprint density at radius 1 is 0.682 bits per heavy atom.